The molecular weight excluding hydrogens is 266 g/mol. The minimum absolute atomic E-state index is 0.0364. The van der Waals surface area contributed by atoms with E-state index in [1.54, 1.807) is 6.07 Å². The lowest BCUT2D eigenvalue weighted by atomic mass is 10.1. The van der Waals surface area contributed by atoms with E-state index >= 15 is 0 Å². The van der Waals surface area contributed by atoms with Gasteiger partial charge >= 0.3 is 0 Å². The van der Waals surface area contributed by atoms with Crippen LogP contribution in [0.1, 0.15) is 25.0 Å². The molecule has 1 aromatic heterocycles. The summed E-state index contributed by atoms with van der Waals surface area (Å²) in [7, 11) is -3.78. The van der Waals surface area contributed by atoms with E-state index in [9.17, 15) is 13.5 Å². The lowest BCUT2D eigenvalue weighted by molar-refractivity contribution is 0.213. The second-order valence-electron chi connectivity index (χ2n) is 4.56. The van der Waals surface area contributed by atoms with E-state index in [2.05, 4.69) is 9.71 Å². The van der Waals surface area contributed by atoms with Gasteiger partial charge in [0, 0.05) is 18.8 Å². The quantitative estimate of drug-likeness (QED) is 0.831. The van der Waals surface area contributed by atoms with Crippen molar-refractivity contribution in [3.05, 3.63) is 24.0 Å². The molecule has 1 aliphatic carbocycles. The molecule has 0 aliphatic heterocycles. The minimum Gasteiger partial charge on any atom is -0.396 e. The summed E-state index contributed by atoms with van der Waals surface area (Å²) in [5.74, 6) is -0.0583. The molecule has 0 spiro atoms. The predicted octanol–water partition coefficient (Wildman–Crippen LogP) is 0.393. The van der Waals surface area contributed by atoms with Crippen molar-refractivity contribution in [3.63, 3.8) is 0 Å². The molecule has 2 rings (SSSR count). The Bertz CT molecular complexity index is 594. The number of hydrogen-bond donors (Lipinski definition) is 2. The van der Waals surface area contributed by atoms with Crippen LogP contribution in [0.25, 0.3) is 0 Å². The first-order chi connectivity index (χ1) is 9.08. The van der Waals surface area contributed by atoms with E-state index in [-0.39, 0.29) is 29.2 Å². The minimum atomic E-state index is -3.78. The Morgan fingerprint density at radius 2 is 2.32 bits per heavy atom. The maximum atomic E-state index is 12.2. The van der Waals surface area contributed by atoms with E-state index in [1.165, 1.54) is 18.3 Å². The Kier molecular flexibility index (Phi) is 4.14. The van der Waals surface area contributed by atoms with Gasteiger partial charge in [-0.2, -0.15) is 5.26 Å². The number of nitriles is 1. The molecule has 1 heterocycles. The molecule has 19 heavy (non-hydrogen) atoms. The monoisotopic (exact) mass is 281 g/mol. The highest BCUT2D eigenvalue weighted by atomic mass is 32.2. The Morgan fingerprint density at radius 3 is 3.00 bits per heavy atom. The van der Waals surface area contributed by atoms with Gasteiger partial charge in [0.25, 0.3) is 0 Å². The Morgan fingerprint density at radius 1 is 1.53 bits per heavy atom. The topological polar surface area (TPSA) is 103 Å². The van der Waals surface area contributed by atoms with Crippen LogP contribution in [0.4, 0.5) is 0 Å². The van der Waals surface area contributed by atoms with Gasteiger partial charge in [-0.1, -0.05) is 6.42 Å². The summed E-state index contributed by atoms with van der Waals surface area (Å²) in [6.45, 7) is -0.0364. The van der Waals surface area contributed by atoms with E-state index in [4.69, 9.17) is 5.26 Å². The number of rotatable bonds is 4. The molecule has 2 unspecified atom stereocenters. The number of hydrogen-bond acceptors (Lipinski definition) is 5. The van der Waals surface area contributed by atoms with Gasteiger partial charge in [0.15, 0.2) is 5.69 Å². The molecule has 0 aromatic carbocycles. The second-order valence-corrected chi connectivity index (χ2v) is 6.25. The van der Waals surface area contributed by atoms with Crippen LogP contribution in [0.2, 0.25) is 0 Å². The number of nitrogens with zero attached hydrogens (tertiary/aromatic N) is 2. The number of aliphatic hydroxyl groups is 1. The van der Waals surface area contributed by atoms with Crippen molar-refractivity contribution in [3.8, 4) is 6.07 Å². The number of aromatic nitrogens is 1. The van der Waals surface area contributed by atoms with Gasteiger partial charge in [-0.15, -0.1) is 0 Å². The summed E-state index contributed by atoms with van der Waals surface area (Å²) in [4.78, 5) is 3.64. The smallest absolute Gasteiger partial charge is 0.243 e. The first kappa shape index (κ1) is 13.9. The summed E-state index contributed by atoms with van der Waals surface area (Å²) in [5.41, 5.74) is -0.117. The van der Waals surface area contributed by atoms with Crippen LogP contribution >= 0.6 is 0 Å². The fourth-order valence-electron chi connectivity index (χ4n) is 2.36. The molecule has 1 fully saturated rings. The summed E-state index contributed by atoms with van der Waals surface area (Å²) in [5, 5.41) is 18.1. The van der Waals surface area contributed by atoms with Crippen molar-refractivity contribution >= 4 is 10.0 Å². The SMILES string of the molecule is N#Cc1ncccc1S(=O)(=O)NC1CCCC1CO. The van der Waals surface area contributed by atoms with Crippen LogP contribution in [-0.2, 0) is 10.0 Å². The molecule has 0 saturated heterocycles. The fourth-order valence-corrected chi connectivity index (χ4v) is 3.81. The highest BCUT2D eigenvalue weighted by Crippen LogP contribution is 2.26. The molecular formula is C12H15N3O3S. The molecule has 7 heteroatoms. The molecule has 1 aliphatic rings. The Labute approximate surface area is 112 Å². The van der Waals surface area contributed by atoms with E-state index in [1.807, 2.05) is 0 Å². The zero-order chi connectivity index (χ0) is 13.9. The molecule has 1 saturated carbocycles. The molecule has 102 valence electrons. The number of aliphatic hydroxyl groups excluding tert-OH is 1. The highest BCUT2D eigenvalue weighted by molar-refractivity contribution is 7.89. The largest absolute Gasteiger partial charge is 0.396 e. The molecule has 0 bridgehead atoms. The summed E-state index contributed by atoms with van der Waals surface area (Å²) in [6, 6.07) is 4.33. The Balaban J connectivity index is 2.26. The maximum Gasteiger partial charge on any atom is 0.243 e. The van der Waals surface area contributed by atoms with Crippen LogP contribution in [-0.4, -0.2) is 31.2 Å². The Hall–Kier alpha value is -1.49. The van der Waals surface area contributed by atoms with Gasteiger partial charge in [-0.3, -0.25) is 0 Å². The van der Waals surface area contributed by atoms with Gasteiger partial charge in [0.05, 0.1) is 0 Å². The average Bonchev–Trinajstić information content (AvgIpc) is 2.85. The van der Waals surface area contributed by atoms with Crippen molar-refractivity contribution in [2.24, 2.45) is 5.92 Å². The predicted molar refractivity (Wildman–Crippen MR) is 67.5 cm³/mol. The van der Waals surface area contributed by atoms with Crippen molar-refractivity contribution in [2.75, 3.05) is 6.61 Å². The number of pyridine rings is 1. The molecule has 2 N–H and O–H groups in total. The normalized spacial score (nSPS) is 23.2. The van der Waals surface area contributed by atoms with Gasteiger partial charge in [0.2, 0.25) is 10.0 Å². The molecule has 0 amide bonds. The summed E-state index contributed by atoms with van der Waals surface area (Å²) < 4.78 is 27.1. The van der Waals surface area contributed by atoms with Crippen LogP contribution in [0.15, 0.2) is 23.2 Å². The average molecular weight is 281 g/mol. The molecule has 2 atom stereocenters. The van der Waals surface area contributed by atoms with Gasteiger partial charge in [-0.25, -0.2) is 18.1 Å². The van der Waals surface area contributed by atoms with E-state index in [0.717, 1.165) is 12.8 Å². The van der Waals surface area contributed by atoms with Crippen molar-refractivity contribution in [2.45, 2.75) is 30.2 Å². The van der Waals surface area contributed by atoms with Crippen molar-refractivity contribution in [1.29, 1.82) is 5.26 Å². The van der Waals surface area contributed by atoms with Crippen molar-refractivity contribution in [1.82, 2.24) is 9.71 Å². The zero-order valence-electron chi connectivity index (χ0n) is 10.3. The lowest BCUT2D eigenvalue weighted by Crippen LogP contribution is -2.38. The third-order valence-electron chi connectivity index (χ3n) is 3.37. The molecule has 6 nitrogen and oxygen atoms in total. The lowest BCUT2D eigenvalue weighted by Gasteiger charge is -2.19. The number of nitrogens with one attached hydrogen (secondary N) is 1. The van der Waals surface area contributed by atoms with Gasteiger partial charge < -0.3 is 5.11 Å². The third kappa shape index (κ3) is 2.92. The van der Waals surface area contributed by atoms with Gasteiger partial charge in [0.1, 0.15) is 11.0 Å². The highest BCUT2D eigenvalue weighted by Gasteiger charge is 2.31. The van der Waals surface area contributed by atoms with Crippen molar-refractivity contribution < 1.29 is 13.5 Å². The van der Waals surface area contributed by atoms with Gasteiger partial charge in [-0.05, 0) is 30.9 Å². The second kappa shape index (κ2) is 5.65. The standard InChI is InChI=1S/C12H15N3O3S/c13-7-11-12(5-2-6-14-11)19(17,18)15-10-4-1-3-9(10)8-16/h2,5-6,9-10,15-16H,1,3-4,8H2. The van der Waals surface area contributed by atoms with Crippen LogP contribution in [0.3, 0.4) is 0 Å². The first-order valence-corrected chi connectivity index (χ1v) is 7.55. The van der Waals surface area contributed by atoms with Crippen LogP contribution in [0.5, 0.6) is 0 Å². The first-order valence-electron chi connectivity index (χ1n) is 6.07. The number of sulfonamides is 1. The fraction of sp³-hybridized carbons (Fsp3) is 0.500. The third-order valence-corrected chi connectivity index (χ3v) is 4.89. The van der Waals surface area contributed by atoms with E-state index in [0.29, 0.717) is 6.42 Å². The maximum absolute atomic E-state index is 12.2. The zero-order valence-corrected chi connectivity index (χ0v) is 11.1. The molecule has 1 aromatic rings. The summed E-state index contributed by atoms with van der Waals surface area (Å²) in [6.07, 6.45) is 3.77. The van der Waals surface area contributed by atoms with E-state index < -0.39 is 10.0 Å². The van der Waals surface area contributed by atoms with Crippen LogP contribution in [0, 0.1) is 17.2 Å². The summed E-state index contributed by atoms with van der Waals surface area (Å²) >= 11 is 0. The molecule has 0 radical (unpaired) electrons. The van der Waals surface area contributed by atoms with Crippen LogP contribution < -0.4 is 4.72 Å².